The minimum atomic E-state index is -0.702. The normalized spacial score (nSPS) is 15.8. The molecule has 5 rings (SSSR count). The van der Waals surface area contributed by atoms with Gasteiger partial charge in [0.25, 0.3) is 5.91 Å². The van der Waals surface area contributed by atoms with Crippen molar-refractivity contribution in [3.63, 3.8) is 0 Å². The average Bonchev–Trinajstić information content (AvgIpc) is 3.44. The highest BCUT2D eigenvalue weighted by Gasteiger charge is 2.24. The molecule has 10 heteroatoms. The average molecular weight is 513 g/mol. The Kier molecular flexibility index (Phi) is 6.95. The molecular formula is C28H32N8O2. The summed E-state index contributed by atoms with van der Waals surface area (Å²) in [6.07, 6.45) is 5.13. The van der Waals surface area contributed by atoms with E-state index in [4.69, 9.17) is 10.2 Å². The van der Waals surface area contributed by atoms with E-state index in [-0.39, 0.29) is 23.0 Å². The molecule has 0 saturated carbocycles. The number of hydrogen-bond donors (Lipinski definition) is 3. The van der Waals surface area contributed by atoms with Gasteiger partial charge in [-0.25, -0.2) is 4.98 Å². The fourth-order valence-electron chi connectivity index (χ4n) is 4.48. The molecule has 1 unspecified atom stereocenters. The predicted molar refractivity (Wildman–Crippen MR) is 148 cm³/mol. The second-order valence-corrected chi connectivity index (χ2v) is 10.5. The standard InChI is InChI=1S/C28H32N8O2/c1-28(2,3)19-8-12-20(13-9-19)31-22-5-4-15-36(17-22)27-33-25(23(24(29)37)34-35-27)32-21-10-6-18(7-11-21)26-30-14-16-38-26/h6-14,16,22,31H,4-5,15,17H2,1-3H3,(H2,29,37)(H,32,33,35). The van der Waals surface area contributed by atoms with Gasteiger partial charge in [0.15, 0.2) is 11.5 Å². The Balaban J connectivity index is 1.31. The SMILES string of the molecule is CC(C)(C)c1ccc(NC2CCCN(c3nnc(C(N)=O)c(Nc4ccc(-c5ncco5)cc4)n3)C2)cc1. The van der Waals surface area contributed by atoms with Crippen molar-refractivity contribution in [1.82, 2.24) is 20.2 Å². The van der Waals surface area contributed by atoms with Gasteiger partial charge in [0, 0.05) is 36.1 Å². The number of nitrogens with two attached hydrogens (primary N) is 1. The Hall–Kier alpha value is -4.47. The van der Waals surface area contributed by atoms with Crippen molar-refractivity contribution in [2.24, 2.45) is 5.73 Å². The lowest BCUT2D eigenvalue weighted by molar-refractivity contribution is 0.0995. The van der Waals surface area contributed by atoms with Gasteiger partial charge < -0.3 is 25.7 Å². The van der Waals surface area contributed by atoms with Crippen LogP contribution in [0, 0.1) is 0 Å². The number of oxazole rings is 1. The van der Waals surface area contributed by atoms with Gasteiger partial charge in [0.05, 0.1) is 6.20 Å². The smallest absolute Gasteiger partial charge is 0.273 e. The molecule has 3 heterocycles. The van der Waals surface area contributed by atoms with Crippen molar-refractivity contribution in [3.05, 3.63) is 72.2 Å². The van der Waals surface area contributed by atoms with Crippen molar-refractivity contribution < 1.29 is 9.21 Å². The van der Waals surface area contributed by atoms with Crippen molar-refractivity contribution in [2.75, 3.05) is 28.6 Å². The summed E-state index contributed by atoms with van der Waals surface area (Å²) in [7, 11) is 0. The van der Waals surface area contributed by atoms with Crippen LogP contribution in [-0.4, -0.2) is 45.2 Å². The lowest BCUT2D eigenvalue weighted by atomic mass is 9.87. The number of amides is 1. The number of piperidine rings is 1. The first-order chi connectivity index (χ1) is 18.3. The van der Waals surface area contributed by atoms with Crippen LogP contribution in [0.25, 0.3) is 11.5 Å². The zero-order valence-corrected chi connectivity index (χ0v) is 21.8. The molecule has 4 N–H and O–H groups in total. The van der Waals surface area contributed by atoms with E-state index in [9.17, 15) is 4.79 Å². The Morgan fingerprint density at radius 1 is 1.05 bits per heavy atom. The van der Waals surface area contributed by atoms with Crippen LogP contribution in [0.15, 0.2) is 65.4 Å². The maximum atomic E-state index is 12.0. The van der Waals surface area contributed by atoms with Crippen LogP contribution in [-0.2, 0) is 5.41 Å². The quantitative estimate of drug-likeness (QED) is 0.321. The molecular weight excluding hydrogens is 480 g/mol. The van der Waals surface area contributed by atoms with Crippen LogP contribution in [0.5, 0.6) is 0 Å². The van der Waals surface area contributed by atoms with Gasteiger partial charge in [-0.2, -0.15) is 4.98 Å². The van der Waals surface area contributed by atoms with E-state index < -0.39 is 5.91 Å². The third kappa shape index (κ3) is 5.74. The number of nitrogens with zero attached hydrogens (tertiary/aromatic N) is 5. The summed E-state index contributed by atoms with van der Waals surface area (Å²) in [5.74, 6) is 0.536. The lowest BCUT2D eigenvalue weighted by Crippen LogP contribution is -2.43. The van der Waals surface area contributed by atoms with Gasteiger partial charge >= 0.3 is 0 Å². The molecule has 1 atom stereocenters. The highest BCUT2D eigenvalue weighted by molar-refractivity contribution is 5.96. The molecule has 0 bridgehead atoms. The fourth-order valence-corrected chi connectivity index (χ4v) is 4.48. The summed E-state index contributed by atoms with van der Waals surface area (Å²) in [6, 6.07) is 16.3. The summed E-state index contributed by atoms with van der Waals surface area (Å²) >= 11 is 0. The van der Waals surface area contributed by atoms with E-state index in [1.54, 1.807) is 6.20 Å². The summed E-state index contributed by atoms with van der Waals surface area (Å²) in [5.41, 5.74) is 9.60. The number of carbonyl (C=O) groups is 1. The van der Waals surface area contributed by atoms with Crippen LogP contribution in [0.4, 0.5) is 23.1 Å². The van der Waals surface area contributed by atoms with E-state index in [0.717, 1.165) is 30.6 Å². The van der Waals surface area contributed by atoms with Gasteiger partial charge in [-0.05, 0) is 60.2 Å². The summed E-state index contributed by atoms with van der Waals surface area (Å²) in [5, 5.41) is 15.1. The molecule has 1 saturated heterocycles. The topological polar surface area (TPSA) is 135 Å². The van der Waals surface area contributed by atoms with E-state index in [2.05, 4.69) is 80.7 Å². The lowest BCUT2D eigenvalue weighted by Gasteiger charge is -2.33. The van der Waals surface area contributed by atoms with Gasteiger partial charge in [0.1, 0.15) is 6.26 Å². The molecule has 0 aliphatic carbocycles. The first-order valence-electron chi connectivity index (χ1n) is 12.7. The Labute approximate surface area is 221 Å². The van der Waals surface area contributed by atoms with Crippen LogP contribution in [0.1, 0.15) is 49.7 Å². The summed E-state index contributed by atoms with van der Waals surface area (Å²) < 4.78 is 5.34. The number of rotatable bonds is 7. The summed E-state index contributed by atoms with van der Waals surface area (Å²) in [6.45, 7) is 8.14. The monoisotopic (exact) mass is 512 g/mol. The van der Waals surface area contributed by atoms with E-state index in [1.807, 2.05) is 24.3 Å². The first kappa shape index (κ1) is 25.2. The molecule has 10 nitrogen and oxygen atoms in total. The number of nitrogens with one attached hydrogen (secondary N) is 2. The second-order valence-electron chi connectivity index (χ2n) is 10.5. The molecule has 38 heavy (non-hydrogen) atoms. The number of aromatic nitrogens is 4. The molecule has 1 fully saturated rings. The van der Waals surface area contributed by atoms with Crippen molar-refractivity contribution in [1.29, 1.82) is 0 Å². The largest absolute Gasteiger partial charge is 0.445 e. The fraction of sp³-hybridized carbons (Fsp3) is 0.321. The predicted octanol–water partition coefficient (Wildman–Crippen LogP) is 4.75. The number of anilines is 4. The van der Waals surface area contributed by atoms with Crippen molar-refractivity contribution in [3.8, 4) is 11.5 Å². The number of benzene rings is 2. The molecule has 0 spiro atoms. The summed E-state index contributed by atoms with van der Waals surface area (Å²) in [4.78, 5) is 22.9. The molecule has 2 aromatic carbocycles. The third-order valence-corrected chi connectivity index (χ3v) is 6.56. The molecule has 1 aliphatic heterocycles. The first-order valence-corrected chi connectivity index (χ1v) is 12.7. The third-order valence-electron chi connectivity index (χ3n) is 6.56. The second kappa shape index (κ2) is 10.5. The van der Waals surface area contributed by atoms with E-state index >= 15 is 0 Å². The van der Waals surface area contributed by atoms with Gasteiger partial charge in [-0.15, -0.1) is 10.2 Å². The van der Waals surface area contributed by atoms with Gasteiger partial charge in [-0.1, -0.05) is 32.9 Å². The highest BCUT2D eigenvalue weighted by atomic mass is 16.3. The maximum absolute atomic E-state index is 12.0. The molecule has 196 valence electrons. The Bertz CT molecular complexity index is 1380. The van der Waals surface area contributed by atoms with Crippen LogP contribution < -0.4 is 21.3 Å². The van der Waals surface area contributed by atoms with Gasteiger partial charge in [-0.3, -0.25) is 4.79 Å². The Morgan fingerprint density at radius 3 is 2.45 bits per heavy atom. The van der Waals surface area contributed by atoms with Crippen molar-refractivity contribution >= 4 is 29.0 Å². The van der Waals surface area contributed by atoms with E-state index in [1.165, 1.54) is 11.8 Å². The van der Waals surface area contributed by atoms with E-state index in [0.29, 0.717) is 24.1 Å². The zero-order chi connectivity index (χ0) is 26.7. The molecule has 2 aromatic heterocycles. The molecule has 1 aliphatic rings. The minimum absolute atomic E-state index is 0.0175. The maximum Gasteiger partial charge on any atom is 0.273 e. The van der Waals surface area contributed by atoms with Crippen LogP contribution >= 0.6 is 0 Å². The van der Waals surface area contributed by atoms with Crippen LogP contribution in [0.3, 0.4) is 0 Å². The Morgan fingerprint density at radius 2 is 1.79 bits per heavy atom. The van der Waals surface area contributed by atoms with Crippen molar-refractivity contribution in [2.45, 2.75) is 45.1 Å². The number of carbonyl (C=O) groups excluding carboxylic acids is 1. The zero-order valence-electron chi connectivity index (χ0n) is 21.8. The minimum Gasteiger partial charge on any atom is -0.445 e. The van der Waals surface area contributed by atoms with Crippen LogP contribution in [0.2, 0.25) is 0 Å². The number of primary amides is 1. The molecule has 4 aromatic rings. The molecule has 0 radical (unpaired) electrons. The van der Waals surface area contributed by atoms with Gasteiger partial charge in [0.2, 0.25) is 11.8 Å². The molecule has 1 amide bonds. The number of hydrogen-bond acceptors (Lipinski definition) is 9. The highest BCUT2D eigenvalue weighted by Crippen LogP contribution is 2.27.